The molecule has 0 fully saturated rings. The fourth-order valence-electron chi connectivity index (χ4n) is 3.20. The van der Waals surface area contributed by atoms with Crippen molar-refractivity contribution < 1.29 is 14.9 Å². The van der Waals surface area contributed by atoms with E-state index in [1.54, 1.807) is 24.3 Å². The van der Waals surface area contributed by atoms with E-state index in [1.165, 1.54) is 5.56 Å². The molecule has 0 saturated heterocycles. The van der Waals surface area contributed by atoms with Crippen molar-refractivity contribution in [2.24, 2.45) is 5.73 Å². The highest BCUT2D eigenvalue weighted by molar-refractivity contribution is 5.95. The quantitative estimate of drug-likeness (QED) is 0.581. The Labute approximate surface area is 170 Å². The number of primary amides is 1. The maximum absolute atomic E-state index is 12.7. The topological polar surface area (TPSA) is 88.8 Å². The van der Waals surface area contributed by atoms with Crippen molar-refractivity contribution >= 4 is 17.5 Å². The molecule has 0 heterocycles. The Balaban J connectivity index is 1.75. The normalized spacial score (nSPS) is 12.8. The van der Waals surface area contributed by atoms with Crippen LogP contribution in [-0.4, -0.2) is 17.9 Å². The van der Waals surface area contributed by atoms with E-state index in [4.69, 9.17) is 5.73 Å². The molecule has 0 spiro atoms. The summed E-state index contributed by atoms with van der Waals surface area (Å²) in [6.45, 7) is 3.95. The molecule has 0 aliphatic rings. The van der Waals surface area contributed by atoms with Crippen molar-refractivity contribution in [3.8, 4) is 0 Å². The SMILES string of the molecule is Cc1ccc([C@H]([NH2+][C@H](C)C(=O)Nc2ccc(C(N)=O)cc2)c2ccccc2)cc1. The molecule has 0 aromatic heterocycles. The molecule has 5 N–H and O–H groups in total. The molecule has 0 unspecified atom stereocenters. The van der Waals surface area contributed by atoms with Gasteiger partial charge in [-0.1, -0.05) is 60.2 Å². The summed E-state index contributed by atoms with van der Waals surface area (Å²) in [5, 5.41) is 4.97. The van der Waals surface area contributed by atoms with E-state index in [-0.39, 0.29) is 18.0 Å². The van der Waals surface area contributed by atoms with Crippen molar-refractivity contribution in [3.63, 3.8) is 0 Å². The standard InChI is InChI=1S/C24H25N3O2/c1-16-8-10-19(11-9-16)22(18-6-4-3-5-7-18)26-17(2)24(29)27-21-14-12-20(13-15-21)23(25)28/h3-15,17,22,26H,1-2H3,(H2,25,28)(H,27,29)/p+1/t17-,22-/m1/s1. The smallest absolute Gasteiger partial charge is 0.282 e. The Kier molecular flexibility index (Phi) is 6.42. The lowest BCUT2D eigenvalue weighted by molar-refractivity contribution is -0.704. The maximum atomic E-state index is 12.7. The van der Waals surface area contributed by atoms with Gasteiger partial charge in [-0.25, -0.2) is 0 Å². The predicted molar refractivity (Wildman–Crippen MR) is 114 cm³/mol. The molecule has 5 nitrogen and oxygen atoms in total. The first-order valence-electron chi connectivity index (χ1n) is 9.61. The number of rotatable bonds is 7. The van der Waals surface area contributed by atoms with Gasteiger partial charge in [-0.2, -0.15) is 0 Å². The summed E-state index contributed by atoms with van der Waals surface area (Å²) in [5.74, 6) is -0.599. The average Bonchev–Trinajstić information content (AvgIpc) is 2.73. The number of hydrogen-bond donors (Lipinski definition) is 3. The van der Waals surface area contributed by atoms with Crippen LogP contribution in [0.2, 0.25) is 0 Å². The molecule has 5 heteroatoms. The number of nitrogens with one attached hydrogen (secondary N) is 1. The summed E-state index contributed by atoms with van der Waals surface area (Å²) < 4.78 is 0. The Morgan fingerprint density at radius 1 is 0.862 bits per heavy atom. The fourth-order valence-corrected chi connectivity index (χ4v) is 3.20. The molecule has 0 aliphatic heterocycles. The van der Waals surface area contributed by atoms with Crippen molar-refractivity contribution in [2.75, 3.05) is 5.32 Å². The third kappa shape index (κ3) is 5.30. The zero-order valence-electron chi connectivity index (χ0n) is 16.6. The molecule has 0 saturated carbocycles. The van der Waals surface area contributed by atoms with Crippen LogP contribution >= 0.6 is 0 Å². The van der Waals surface area contributed by atoms with E-state index >= 15 is 0 Å². The molecule has 29 heavy (non-hydrogen) atoms. The molecule has 3 aromatic rings. The largest absolute Gasteiger partial charge is 0.366 e. The highest BCUT2D eigenvalue weighted by Crippen LogP contribution is 2.19. The van der Waals surface area contributed by atoms with E-state index in [0.29, 0.717) is 11.3 Å². The highest BCUT2D eigenvalue weighted by Gasteiger charge is 2.24. The van der Waals surface area contributed by atoms with Gasteiger partial charge in [0, 0.05) is 22.4 Å². The van der Waals surface area contributed by atoms with Crippen molar-refractivity contribution in [3.05, 3.63) is 101 Å². The third-order valence-electron chi connectivity index (χ3n) is 4.93. The van der Waals surface area contributed by atoms with Crippen molar-refractivity contribution in [1.29, 1.82) is 0 Å². The first kappa shape index (κ1) is 20.3. The van der Waals surface area contributed by atoms with Crippen LogP contribution in [0.4, 0.5) is 5.69 Å². The Morgan fingerprint density at radius 2 is 1.45 bits per heavy atom. The third-order valence-corrected chi connectivity index (χ3v) is 4.93. The Bertz CT molecular complexity index is 967. The average molecular weight is 388 g/mol. The number of amides is 2. The maximum Gasteiger partial charge on any atom is 0.282 e. The van der Waals surface area contributed by atoms with Crippen molar-refractivity contribution in [1.82, 2.24) is 0 Å². The van der Waals surface area contributed by atoms with Gasteiger partial charge < -0.3 is 16.4 Å². The van der Waals surface area contributed by atoms with Gasteiger partial charge in [0.1, 0.15) is 6.04 Å². The minimum absolute atomic E-state index is 0.00906. The zero-order valence-corrected chi connectivity index (χ0v) is 16.6. The lowest BCUT2D eigenvalue weighted by Crippen LogP contribution is -2.92. The lowest BCUT2D eigenvalue weighted by atomic mass is 9.97. The molecule has 2 atom stereocenters. The first-order chi connectivity index (χ1) is 13.9. The first-order valence-corrected chi connectivity index (χ1v) is 9.61. The van der Waals surface area contributed by atoms with E-state index in [2.05, 4.69) is 54.0 Å². The number of quaternary nitrogens is 1. The van der Waals surface area contributed by atoms with Crippen LogP contribution in [-0.2, 0) is 4.79 Å². The van der Waals surface area contributed by atoms with Gasteiger partial charge >= 0.3 is 0 Å². The minimum Gasteiger partial charge on any atom is -0.366 e. The summed E-state index contributed by atoms with van der Waals surface area (Å²) in [4.78, 5) is 23.9. The Hall–Kier alpha value is -3.44. The van der Waals surface area contributed by atoms with Gasteiger partial charge in [-0.15, -0.1) is 0 Å². The number of hydrogen-bond acceptors (Lipinski definition) is 2. The second kappa shape index (κ2) is 9.17. The van der Waals surface area contributed by atoms with E-state index in [0.717, 1.165) is 11.1 Å². The van der Waals surface area contributed by atoms with Crippen LogP contribution in [0.5, 0.6) is 0 Å². The van der Waals surface area contributed by atoms with Crippen molar-refractivity contribution in [2.45, 2.75) is 25.9 Å². The van der Waals surface area contributed by atoms with Crippen LogP contribution in [0.3, 0.4) is 0 Å². The predicted octanol–water partition coefficient (Wildman–Crippen LogP) is 2.77. The summed E-state index contributed by atoms with van der Waals surface area (Å²) in [6.07, 6.45) is 0. The molecule has 3 aromatic carbocycles. The summed E-state index contributed by atoms with van der Waals surface area (Å²) >= 11 is 0. The highest BCUT2D eigenvalue weighted by atomic mass is 16.2. The number of anilines is 1. The van der Waals surface area contributed by atoms with Gasteiger partial charge in [-0.3, -0.25) is 9.59 Å². The molecule has 0 radical (unpaired) electrons. The van der Waals surface area contributed by atoms with Gasteiger partial charge in [0.2, 0.25) is 5.91 Å². The molecule has 148 valence electrons. The van der Waals surface area contributed by atoms with E-state index in [9.17, 15) is 9.59 Å². The summed E-state index contributed by atoms with van der Waals surface area (Å²) in [6, 6.07) is 24.8. The van der Waals surface area contributed by atoms with Crippen LogP contribution in [0.15, 0.2) is 78.9 Å². The van der Waals surface area contributed by atoms with E-state index in [1.807, 2.05) is 25.1 Å². The van der Waals surface area contributed by atoms with Gasteiger partial charge in [-0.05, 0) is 38.1 Å². The molecular formula is C24H26N3O2+. The van der Waals surface area contributed by atoms with Gasteiger partial charge in [0.15, 0.2) is 6.04 Å². The number of aryl methyl sites for hydroxylation is 1. The molecule has 0 aliphatic carbocycles. The number of carbonyl (C=O) groups is 2. The van der Waals surface area contributed by atoms with Crippen LogP contribution in [0.25, 0.3) is 0 Å². The second-order valence-corrected chi connectivity index (χ2v) is 7.21. The minimum atomic E-state index is -0.492. The van der Waals surface area contributed by atoms with Crippen LogP contribution in [0.1, 0.15) is 40.0 Å². The van der Waals surface area contributed by atoms with Crippen LogP contribution < -0.4 is 16.4 Å². The molecule has 0 bridgehead atoms. The fraction of sp³-hybridized carbons (Fsp3) is 0.167. The monoisotopic (exact) mass is 388 g/mol. The number of benzene rings is 3. The number of carbonyl (C=O) groups excluding carboxylic acids is 2. The van der Waals surface area contributed by atoms with Crippen LogP contribution in [0, 0.1) is 6.92 Å². The van der Waals surface area contributed by atoms with Gasteiger partial charge in [0.25, 0.3) is 5.91 Å². The Morgan fingerprint density at radius 3 is 2.03 bits per heavy atom. The van der Waals surface area contributed by atoms with E-state index < -0.39 is 5.91 Å². The van der Waals surface area contributed by atoms with Gasteiger partial charge in [0.05, 0.1) is 0 Å². The molecule has 2 amide bonds. The molecule has 3 rings (SSSR count). The second-order valence-electron chi connectivity index (χ2n) is 7.21. The lowest BCUT2D eigenvalue weighted by Gasteiger charge is -2.21. The summed E-state index contributed by atoms with van der Waals surface area (Å²) in [7, 11) is 0. The summed E-state index contributed by atoms with van der Waals surface area (Å²) in [5.41, 5.74) is 9.78. The number of nitrogens with two attached hydrogens (primary N) is 2. The zero-order chi connectivity index (χ0) is 20.8. The molecular weight excluding hydrogens is 362 g/mol.